The highest BCUT2D eigenvalue weighted by molar-refractivity contribution is 5.94. The highest BCUT2D eigenvalue weighted by Gasteiger charge is 2.55. The molecule has 3 fully saturated rings. The van der Waals surface area contributed by atoms with Gasteiger partial charge in [0.05, 0.1) is 42.2 Å². The summed E-state index contributed by atoms with van der Waals surface area (Å²) in [5.41, 5.74) is 2.66. The van der Waals surface area contributed by atoms with E-state index in [9.17, 15) is 4.79 Å². The zero-order valence-corrected chi connectivity index (χ0v) is 16.8. The summed E-state index contributed by atoms with van der Waals surface area (Å²) in [7, 11) is 0. The summed E-state index contributed by atoms with van der Waals surface area (Å²) < 4.78 is 14.5. The summed E-state index contributed by atoms with van der Waals surface area (Å²) in [4.78, 5) is 15.8. The second-order valence-corrected chi connectivity index (χ2v) is 9.16. The summed E-state index contributed by atoms with van der Waals surface area (Å²) in [6.45, 7) is 8.35. The molecule has 0 aromatic carbocycles. The third-order valence-corrected chi connectivity index (χ3v) is 7.10. The summed E-state index contributed by atoms with van der Waals surface area (Å²) >= 11 is 0. The van der Waals surface area contributed by atoms with Crippen molar-refractivity contribution in [2.45, 2.75) is 95.7 Å². The van der Waals surface area contributed by atoms with Crippen LogP contribution in [-0.2, 0) is 22.4 Å². The number of carbonyl (C=O) groups is 1. The van der Waals surface area contributed by atoms with Gasteiger partial charge in [-0.2, -0.15) is 5.10 Å². The largest absolute Gasteiger partial charge is 0.369 e. The molecule has 1 aromatic rings. The average Bonchev–Trinajstić information content (AvgIpc) is 2.96. The lowest BCUT2D eigenvalue weighted by atomic mass is 9.72. The number of rotatable bonds is 2. The van der Waals surface area contributed by atoms with Crippen LogP contribution in [0, 0.1) is 0 Å². The first kappa shape index (κ1) is 17.7. The quantitative estimate of drug-likeness (QED) is 0.799. The fourth-order valence-corrected chi connectivity index (χ4v) is 5.49. The molecule has 2 spiro atoms. The van der Waals surface area contributed by atoms with E-state index in [-0.39, 0.29) is 29.3 Å². The van der Waals surface area contributed by atoms with E-state index in [1.807, 2.05) is 11.6 Å². The first-order chi connectivity index (χ1) is 12.9. The van der Waals surface area contributed by atoms with Gasteiger partial charge in [0.2, 0.25) is 0 Å². The van der Waals surface area contributed by atoms with Gasteiger partial charge in [-0.1, -0.05) is 0 Å². The van der Waals surface area contributed by atoms with Gasteiger partial charge in [0.15, 0.2) is 0 Å². The zero-order chi connectivity index (χ0) is 18.8. The van der Waals surface area contributed by atoms with Gasteiger partial charge in [0, 0.05) is 18.5 Å². The van der Waals surface area contributed by atoms with Crippen molar-refractivity contribution in [1.82, 2.24) is 14.7 Å². The van der Waals surface area contributed by atoms with E-state index in [0.717, 1.165) is 62.1 Å². The molecule has 3 heterocycles. The molecule has 2 aliphatic carbocycles. The monoisotopic (exact) mass is 373 g/mol. The lowest BCUT2D eigenvalue weighted by molar-refractivity contribution is -0.257. The highest BCUT2D eigenvalue weighted by atomic mass is 16.5. The standard InChI is InChI=1S/C21H31N3O3/c1-4-24-18(16-11-14(2)26-15(3)17(16)22-24)19(25)23-12-20(7-5-8-20)27-21(13-23)9-6-10-21/h14-15H,4-13H2,1-3H3/t14-,15+/m0/s1. The van der Waals surface area contributed by atoms with E-state index >= 15 is 0 Å². The number of carbonyl (C=O) groups excluding carboxylic acids is 1. The molecule has 2 atom stereocenters. The number of aryl methyl sites for hydroxylation is 1. The third kappa shape index (κ3) is 2.67. The number of morpholine rings is 1. The molecule has 0 N–H and O–H groups in total. The van der Waals surface area contributed by atoms with Crippen LogP contribution in [-0.4, -0.2) is 51.0 Å². The van der Waals surface area contributed by atoms with Gasteiger partial charge in [-0.05, 0) is 59.3 Å². The van der Waals surface area contributed by atoms with Crippen LogP contribution in [0.1, 0.15) is 87.1 Å². The molecule has 148 valence electrons. The molecule has 0 bridgehead atoms. The van der Waals surface area contributed by atoms with Gasteiger partial charge in [0.25, 0.3) is 5.91 Å². The zero-order valence-electron chi connectivity index (χ0n) is 16.8. The minimum Gasteiger partial charge on any atom is -0.369 e. The second-order valence-electron chi connectivity index (χ2n) is 9.16. The van der Waals surface area contributed by atoms with E-state index < -0.39 is 0 Å². The van der Waals surface area contributed by atoms with E-state index in [1.165, 1.54) is 12.8 Å². The van der Waals surface area contributed by atoms with Gasteiger partial charge >= 0.3 is 0 Å². The SMILES string of the molecule is CCn1nc2c(c1C(=O)N1CC3(CCC3)OC3(CCC3)C1)C[C@H](C)O[C@@H]2C. The molecule has 1 aromatic heterocycles. The number of fused-ring (bicyclic) bond motifs is 1. The molecule has 2 saturated carbocycles. The van der Waals surface area contributed by atoms with Crippen molar-refractivity contribution in [2.24, 2.45) is 0 Å². The van der Waals surface area contributed by atoms with E-state index in [1.54, 1.807) is 0 Å². The number of amides is 1. The van der Waals surface area contributed by atoms with Crippen LogP contribution in [0.25, 0.3) is 0 Å². The van der Waals surface area contributed by atoms with Crippen molar-refractivity contribution in [3.63, 3.8) is 0 Å². The Kier molecular flexibility index (Phi) is 3.96. The molecule has 6 nitrogen and oxygen atoms in total. The molecule has 4 aliphatic rings. The van der Waals surface area contributed by atoms with Crippen LogP contribution < -0.4 is 0 Å². The predicted molar refractivity (Wildman–Crippen MR) is 101 cm³/mol. The molecule has 0 radical (unpaired) electrons. The lowest BCUT2D eigenvalue weighted by Crippen LogP contribution is -2.67. The Balaban J connectivity index is 1.50. The Morgan fingerprint density at radius 2 is 1.78 bits per heavy atom. The molecule has 1 amide bonds. The first-order valence-electron chi connectivity index (χ1n) is 10.7. The number of aromatic nitrogens is 2. The molecule has 0 unspecified atom stereocenters. The van der Waals surface area contributed by atoms with E-state index in [0.29, 0.717) is 6.54 Å². The average molecular weight is 373 g/mol. The number of hydrogen-bond acceptors (Lipinski definition) is 4. The van der Waals surface area contributed by atoms with E-state index in [2.05, 4.69) is 18.7 Å². The minimum atomic E-state index is -0.0881. The maximum Gasteiger partial charge on any atom is 0.272 e. The smallest absolute Gasteiger partial charge is 0.272 e. The van der Waals surface area contributed by atoms with E-state index in [4.69, 9.17) is 14.6 Å². The summed E-state index contributed by atoms with van der Waals surface area (Å²) in [6.07, 6.45) is 7.62. The summed E-state index contributed by atoms with van der Waals surface area (Å²) in [6, 6.07) is 0. The topological polar surface area (TPSA) is 56.6 Å². The number of hydrogen-bond donors (Lipinski definition) is 0. The molecule has 1 saturated heterocycles. The predicted octanol–water partition coefficient (Wildman–Crippen LogP) is 3.24. The van der Waals surface area contributed by atoms with Crippen molar-refractivity contribution in [2.75, 3.05) is 13.1 Å². The Labute approximate surface area is 161 Å². The van der Waals surface area contributed by atoms with Gasteiger partial charge in [-0.25, -0.2) is 0 Å². The Morgan fingerprint density at radius 3 is 2.30 bits per heavy atom. The third-order valence-electron chi connectivity index (χ3n) is 7.10. The highest BCUT2D eigenvalue weighted by Crippen LogP contribution is 2.49. The van der Waals surface area contributed by atoms with Crippen molar-refractivity contribution < 1.29 is 14.3 Å². The van der Waals surface area contributed by atoms with Crippen molar-refractivity contribution in [3.05, 3.63) is 17.0 Å². The van der Waals surface area contributed by atoms with Crippen LogP contribution in [0.4, 0.5) is 0 Å². The van der Waals surface area contributed by atoms with Crippen LogP contribution in [0.5, 0.6) is 0 Å². The van der Waals surface area contributed by atoms with Crippen molar-refractivity contribution in [3.8, 4) is 0 Å². The molecule has 6 heteroatoms. The molecule has 5 rings (SSSR count). The minimum absolute atomic E-state index is 0.0521. The van der Waals surface area contributed by atoms with Gasteiger partial charge in [-0.3, -0.25) is 9.48 Å². The van der Waals surface area contributed by atoms with Crippen LogP contribution in [0.2, 0.25) is 0 Å². The maximum absolute atomic E-state index is 13.8. The van der Waals surface area contributed by atoms with Gasteiger partial charge in [0.1, 0.15) is 5.69 Å². The number of nitrogens with zero attached hydrogens (tertiary/aromatic N) is 3. The summed E-state index contributed by atoms with van der Waals surface area (Å²) in [5, 5.41) is 4.75. The molecular formula is C21H31N3O3. The van der Waals surface area contributed by atoms with Gasteiger partial charge < -0.3 is 14.4 Å². The Morgan fingerprint density at radius 1 is 1.15 bits per heavy atom. The van der Waals surface area contributed by atoms with Gasteiger partial charge in [-0.15, -0.1) is 0 Å². The Hall–Kier alpha value is -1.40. The number of ether oxygens (including phenoxy) is 2. The first-order valence-corrected chi connectivity index (χ1v) is 10.7. The van der Waals surface area contributed by atoms with Crippen molar-refractivity contribution >= 4 is 5.91 Å². The van der Waals surface area contributed by atoms with Crippen LogP contribution in [0.15, 0.2) is 0 Å². The molecule has 2 aliphatic heterocycles. The molecule has 27 heavy (non-hydrogen) atoms. The Bertz CT molecular complexity index is 741. The van der Waals surface area contributed by atoms with Crippen LogP contribution in [0.3, 0.4) is 0 Å². The fraction of sp³-hybridized carbons (Fsp3) is 0.810. The second kappa shape index (κ2) is 6.05. The summed E-state index contributed by atoms with van der Waals surface area (Å²) in [5.74, 6) is 0.146. The lowest BCUT2D eigenvalue weighted by Gasteiger charge is -2.59. The maximum atomic E-state index is 13.8. The molecular weight excluding hydrogens is 342 g/mol. The van der Waals surface area contributed by atoms with Crippen LogP contribution >= 0.6 is 0 Å². The normalized spacial score (nSPS) is 30.7. The fourth-order valence-electron chi connectivity index (χ4n) is 5.49. The van der Waals surface area contributed by atoms with Crippen molar-refractivity contribution in [1.29, 1.82) is 0 Å².